The number of nitrogens with zero attached hydrogens (tertiary/aromatic N) is 4. The van der Waals surface area contributed by atoms with Crippen LogP contribution in [0.15, 0.2) is 5.11 Å². The Morgan fingerprint density at radius 3 is 2.47 bits per heavy atom. The van der Waals surface area contributed by atoms with Gasteiger partial charge in [0.2, 0.25) is 0 Å². The number of carbonyl (C=O) groups excluding carboxylic acids is 3. The predicted octanol–water partition coefficient (Wildman–Crippen LogP) is 1.33. The van der Waals surface area contributed by atoms with Gasteiger partial charge in [0.1, 0.15) is 5.60 Å². The minimum atomic E-state index is -1.51. The number of Topliss-reactive ketones (excluding diaryl/α,β-unsaturated/α-hetero) is 1. The summed E-state index contributed by atoms with van der Waals surface area (Å²) in [4.78, 5) is 38.0. The molecule has 0 spiro atoms. The Labute approximate surface area is 109 Å². The van der Waals surface area contributed by atoms with Gasteiger partial charge in [0.15, 0.2) is 11.8 Å². The van der Waals surface area contributed by atoms with Crippen molar-refractivity contribution < 1.29 is 23.9 Å². The molecule has 1 heterocycles. The van der Waals surface area contributed by atoms with Gasteiger partial charge >= 0.3 is 12.1 Å². The van der Waals surface area contributed by atoms with Crippen LogP contribution in [0.4, 0.5) is 4.79 Å². The average molecular weight is 270 g/mol. The van der Waals surface area contributed by atoms with Gasteiger partial charge in [-0.25, -0.2) is 14.5 Å². The zero-order valence-corrected chi connectivity index (χ0v) is 11.0. The number of cyclic esters (lactones) is 1. The fraction of sp³-hybridized carbons (Fsp3) is 0.700. The average Bonchev–Trinajstić information content (AvgIpc) is 2.53. The molecule has 9 nitrogen and oxygen atoms in total. The second kappa shape index (κ2) is 5.15. The summed E-state index contributed by atoms with van der Waals surface area (Å²) in [6.07, 6.45) is -2.47. The second-order valence-electron chi connectivity index (χ2n) is 4.87. The smallest absolute Gasteiger partial charge is 0.414 e. The molecule has 0 aromatic carbocycles. The fourth-order valence-corrected chi connectivity index (χ4v) is 1.46. The maximum absolute atomic E-state index is 11.9. The van der Waals surface area contributed by atoms with Crippen molar-refractivity contribution in [2.24, 2.45) is 5.11 Å². The van der Waals surface area contributed by atoms with Gasteiger partial charge in [-0.3, -0.25) is 4.79 Å². The van der Waals surface area contributed by atoms with Crippen molar-refractivity contribution >= 4 is 17.8 Å². The van der Waals surface area contributed by atoms with Crippen molar-refractivity contribution in [1.29, 1.82) is 0 Å². The van der Waals surface area contributed by atoms with E-state index in [4.69, 9.17) is 10.3 Å². The standard InChI is InChI=1S/C10H14N4O5/c1-5(15)6-7(16)18-8(12-13-11)14(6)9(17)19-10(2,3)4/h6,8H,1-4H3/t6?,8-/m1/s1. The van der Waals surface area contributed by atoms with Crippen molar-refractivity contribution in [2.45, 2.75) is 45.7 Å². The second-order valence-corrected chi connectivity index (χ2v) is 4.87. The Bertz CT molecular complexity index is 463. The number of esters is 1. The largest absolute Gasteiger partial charge is 0.444 e. The van der Waals surface area contributed by atoms with E-state index in [-0.39, 0.29) is 0 Å². The van der Waals surface area contributed by atoms with Crippen LogP contribution in [0.5, 0.6) is 0 Å². The first-order valence-corrected chi connectivity index (χ1v) is 5.44. The Hall–Kier alpha value is -2.28. The molecular weight excluding hydrogens is 256 g/mol. The number of hydrogen-bond donors (Lipinski definition) is 0. The highest BCUT2D eigenvalue weighted by Gasteiger charge is 2.49. The summed E-state index contributed by atoms with van der Waals surface area (Å²) in [5.41, 5.74) is 7.54. The van der Waals surface area contributed by atoms with Gasteiger partial charge in [-0.2, -0.15) is 0 Å². The number of ketones is 1. The Morgan fingerprint density at radius 1 is 1.47 bits per heavy atom. The van der Waals surface area contributed by atoms with Crippen molar-refractivity contribution in [1.82, 2.24) is 4.90 Å². The summed E-state index contributed by atoms with van der Waals surface area (Å²) in [6.45, 7) is 5.99. The summed E-state index contributed by atoms with van der Waals surface area (Å²) < 4.78 is 9.72. The van der Waals surface area contributed by atoms with Crippen LogP contribution >= 0.6 is 0 Å². The van der Waals surface area contributed by atoms with Gasteiger partial charge in [-0.05, 0) is 38.3 Å². The molecule has 1 aliphatic heterocycles. The lowest BCUT2D eigenvalue weighted by molar-refractivity contribution is -0.143. The molecule has 2 atom stereocenters. The number of hydrogen-bond acceptors (Lipinski definition) is 6. The summed E-state index contributed by atoms with van der Waals surface area (Å²) in [7, 11) is 0. The molecule has 1 amide bonds. The van der Waals surface area contributed by atoms with E-state index in [1.165, 1.54) is 0 Å². The molecule has 9 heteroatoms. The summed E-state index contributed by atoms with van der Waals surface area (Å²) >= 11 is 0. The first-order chi connectivity index (χ1) is 8.67. The van der Waals surface area contributed by atoms with Crippen LogP contribution in [-0.4, -0.2) is 40.7 Å². The summed E-state index contributed by atoms with van der Waals surface area (Å²) in [6, 6.07) is -1.45. The van der Waals surface area contributed by atoms with Crippen molar-refractivity contribution in [3.63, 3.8) is 0 Å². The van der Waals surface area contributed by atoms with E-state index in [1.54, 1.807) is 20.8 Å². The van der Waals surface area contributed by atoms with Gasteiger partial charge in [0, 0.05) is 4.91 Å². The molecule has 19 heavy (non-hydrogen) atoms. The minimum Gasteiger partial charge on any atom is -0.444 e. The molecule has 1 fully saturated rings. The van der Waals surface area contributed by atoms with E-state index in [0.29, 0.717) is 4.90 Å². The third-order valence-electron chi connectivity index (χ3n) is 2.10. The van der Waals surface area contributed by atoms with Crippen molar-refractivity contribution in [2.75, 3.05) is 0 Å². The fourth-order valence-electron chi connectivity index (χ4n) is 1.46. The molecule has 0 aromatic heterocycles. The van der Waals surface area contributed by atoms with Crippen LogP contribution in [-0.2, 0) is 19.1 Å². The van der Waals surface area contributed by atoms with E-state index in [2.05, 4.69) is 14.8 Å². The van der Waals surface area contributed by atoms with E-state index >= 15 is 0 Å². The third-order valence-corrected chi connectivity index (χ3v) is 2.10. The van der Waals surface area contributed by atoms with Crippen LogP contribution in [0.1, 0.15) is 27.7 Å². The normalized spacial score (nSPS) is 22.5. The zero-order chi connectivity index (χ0) is 14.8. The van der Waals surface area contributed by atoms with Gasteiger partial charge in [-0.15, -0.1) is 0 Å². The van der Waals surface area contributed by atoms with Gasteiger partial charge in [0.25, 0.3) is 6.35 Å². The predicted molar refractivity (Wildman–Crippen MR) is 61.6 cm³/mol. The lowest BCUT2D eigenvalue weighted by atomic mass is 10.2. The van der Waals surface area contributed by atoms with Gasteiger partial charge < -0.3 is 9.47 Å². The Kier molecular flexibility index (Phi) is 4.01. The lowest BCUT2D eigenvalue weighted by Gasteiger charge is -2.26. The van der Waals surface area contributed by atoms with Crippen LogP contribution in [0.2, 0.25) is 0 Å². The van der Waals surface area contributed by atoms with Crippen LogP contribution in [0.25, 0.3) is 10.4 Å². The van der Waals surface area contributed by atoms with Gasteiger partial charge in [-0.1, -0.05) is 0 Å². The number of rotatable bonds is 2. The molecular formula is C10H14N4O5. The quantitative estimate of drug-likeness (QED) is 0.246. The molecule has 1 rings (SSSR count). The monoisotopic (exact) mass is 270 g/mol. The first-order valence-electron chi connectivity index (χ1n) is 5.44. The number of amides is 1. The molecule has 0 radical (unpaired) electrons. The number of carbonyl (C=O) groups is 3. The Morgan fingerprint density at radius 2 is 2.05 bits per heavy atom. The SMILES string of the molecule is CC(=O)C1C(=O)O[C@H](N=[N+]=[N-])N1C(=O)OC(C)(C)C. The molecule has 1 aliphatic rings. The highest BCUT2D eigenvalue weighted by Crippen LogP contribution is 2.23. The van der Waals surface area contributed by atoms with E-state index in [9.17, 15) is 14.4 Å². The number of ether oxygens (including phenoxy) is 2. The Balaban J connectivity index is 3.07. The summed E-state index contributed by atoms with van der Waals surface area (Å²) in [5, 5.41) is 3.15. The first kappa shape index (κ1) is 14.8. The number of azide groups is 1. The van der Waals surface area contributed by atoms with E-state index in [1.807, 2.05) is 0 Å². The molecule has 1 unspecified atom stereocenters. The van der Waals surface area contributed by atoms with Gasteiger partial charge in [0.05, 0.1) is 0 Å². The third kappa shape index (κ3) is 3.35. The highest BCUT2D eigenvalue weighted by molar-refractivity contribution is 6.05. The van der Waals surface area contributed by atoms with Crippen molar-refractivity contribution in [3.05, 3.63) is 10.4 Å². The molecule has 0 saturated carbocycles. The van der Waals surface area contributed by atoms with E-state index < -0.39 is 35.8 Å². The van der Waals surface area contributed by atoms with E-state index in [0.717, 1.165) is 6.92 Å². The molecule has 1 saturated heterocycles. The van der Waals surface area contributed by atoms with Crippen LogP contribution in [0, 0.1) is 0 Å². The topological polar surface area (TPSA) is 122 Å². The maximum Gasteiger partial charge on any atom is 0.414 e. The van der Waals surface area contributed by atoms with Crippen LogP contribution < -0.4 is 0 Å². The molecule has 104 valence electrons. The molecule has 0 N–H and O–H groups in total. The summed E-state index contributed by atoms with van der Waals surface area (Å²) in [5.74, 6) is -1.55. The molecule has 0 aliphatic carbocycles. The van der Waals surface area contributed by atoms with Crippen LogP contribution in [0.3, 0.4) is 0 Å². The van der Waals surface area contributed by atoms with Crippen molar-refractivity contribution in [3.8, 4) is 0 Å². The highest BCUT2D eigenvalue weighted by atomic mass is 16.6. The molecule has 0 aromatic rings. The molecule has 0 bridgehead atoms. The lowest BCUT2D eigenvalue weighted by Crippen LogP contribution is -2.47. The zero-order valence-electron chi connectivity index (χ0n) is 11.0. The maximum atomic E-state index is 11.9. The minimum absolute atomic E-state index is 0.605.